The monoisotopic (exact) mass is 314 g/mol. The maximum Gasteiger partial charge on any atom is 0.327 e. The fourth-order valence-electron chi connectivity index (χ4n) is 2.29. The first kappa shape index (κ1) is 17.9. The zero-order valence-corrected chi connectivity index (χ0v) is 12.5. The summed E-state index contributed by atoms with van der Waals surface area (Å²) in [6, 6.07) is -1.11. The topological polar surface area (TPSA) is 151 Å². The summed E-state index contributed by atoms with van der Waals surface area (Å²) in [6.07, 6.45) is 1.14. The molecule has 124 valence electrons. The summed E-state index contributed by atoms with van der Waals surface area (Å²) in [6.45, 7) is 1.95. The van der Waals surface area contributed by atoms with E-state index in [0.29, 0.717) is 12.8 Å². The Morgan fingerprint density at radius 2 is 1.64 bits per heavy atom. The quantitative estimate of drug-likeness (QED) is 0.179. The molecule has 1 atom stereocenters. The van der Waals surface area contributed by atoms with Gasteiger partial charge in [-0.05, 0) is 6.42 Å². The molecule has 1 fully saturated rings. The van der Waals surface area contributed by atoms with Crippen LogP contribution < -0.4 is 22.5 Å². The van der Waals surface area contributed by atoms with Gasteiger partial charge in [-0.1, -0.05) is 13.3 Å². The lowest BCUT2D eigenvalue weighted by Gasteiger charge is -2.20. The maximum atomic E-state index is 12.3. The summed E-state index contributed by atoms with van der Waals surface area (Å²) in [5.41, 5.74) is 3.92. The van der Waals surface area contributed by atoms with Gasteiger partial charge in [-0.15, -0.1) is 0 Å². The summed E-state index contributed by atoms with van der Waals surface area (Å²) in [4.78, 5) is 49.4. The number of nitrogens with one attached hydrogen (secondary N) is 2. The Kier molecular flexibility index (Phi) is 6.73. The number of carbonyl (C=O) groups excluding carboxylic acids is 4. The van der Waals surface area contributed by atoms with Crippen LogP contribution in [-0.4, -0.2) is 52.7 Å². The normalized spacial score (nSPS) is 17.9. The van der Waals surface area contributed by atoms with E-state index in [1.165, 1.54) is 4.90 Å². The molecule has 10 nitrogen and oxygen atoms in total. The number of imide groups is 1. The summed E-state index contributed by atoms with van der Waals surface area (Å²) in [7, 11) is 0. The molecular weight excluding hydrogens is 292 g/mol. The van der Waals surface area contributed by atoms with Crippen LogP contribution in [0.25, 0.3) is 0 Å². The lowest BCUT2D eigenvalue weighted by atomic mass is 10.1. The zero-order valence-electron chi connectivity index (χ0n) is 12.5. The molecule has 5 amide bonds. The van der Waals surface area contributed by atoms with Gasteiger partial charge in [0.25, 0.3) is 5.91 Å². The van der Waals surface area contributed by atoms with Crippen molar-refractivity contribution in [1.82, 2.24) is 20.7 Å². The van der Waals surface area contributed by atoms with Gasteiger partial charge in [-0.25, -0.2) is 16.5 Å². The first-order valence-corrected chi connectivity index (χ1v) is 7.07. The zero-order chi connectivity index (χ0) is 16.7. The third-order valence-corrected chi connectivity index (χ3v) is 3.43. The van der Waals surface area contributed by atoms with Crippen molar-refractivity contribution in [3.8, 4) is 0 Å². The average Bonchev–Trinajstić information content (AvgIpc) is 2.74. The highest BCUT2D eigenvalue weighted by Gasteiger charge is 2.44. The number of urea groups is 1. The SMILES string of the molecule is CCCC1C(=O)N(CCC(=O)NN)C(=O)N1CCC(=O)NN. The van der Waals surface area contributed by atoms with Gasteiger partial charge >= 0.3 is 6.03 Å². The van der Waals surface area contributed by atoms with Gasteiger partial charge in [0.05, 0.1) is 0 Å². The van der Waals surface area contributed by atoms with E-state index in [1.54, 1.807) is 0 Å². The van der Waals surface area contributed by atoms with E-state index in [1.807, 2.05) is 17.8 Å². The largest absolute Gasteiger partial charge is 0.327 e. The number of hydrogen-bond acceptors (Lipinski definition) is 6. The molecule has 0 aromatic carbocycles. The predicted octanol–water partition coefficient (Wildman–Crippen LogP) is -1.82. The first-order valence-electron chi connectivity index (χ1n) is 7.07. The highest BCUT2D eigenvalue weighted by molar-refractivity contribution is 6.04. The van der Waals surface area contributed by atoms with Crippen LogP contribution in [0.2, 0.25) is 0 Å². The van der Waals surface area contributed by atoms with Crippen LogP contribution in [0.3, 0.4) is 0 Å². The smallest absolute Gasteiger partial charge is 0.312 e. The van der Waals surface area contributed by atoms with Crippen molar-refractivity contribution in [2.75, 3.05) is 13.1 Å². The molecular formula is C12H22N6O4. The second kappa shape index (κ2) is 8.29. The lowest BCUT2D eigenvalue weighted by Crippen LogP contribution is -2.40. The van der Waals surface area contributed by atoms with Gasteiger partial charge in [0, 0.05) is 25.9 Å². The maximum absolute atomic E-state index is 12.3. The molecule has 1 unspecified atom stereocenters. The third kappa shape index (κ3) is 4.15. The minimum absolute atomic E-state index is 0.00681. The minimum atomic E-state index is -0.607. The number of hydrogen-bond donors (Lipinski definition) is 4. The second-order valence-electron chi connectivity index (χ2n) is 4.91. The van der Waals surface area contributed by atoms with Crippen molar-refractivity contribution in [2.45, 2.75) is 38.6 Å². The molecule has 0 spiro atoms. The molecule has 10 heteroatoms. The molecule has 0 aromatic rings. The molecule has 1 aliphatic heterocycles. The van der Waals surface area contributed by atoms with Crippen LogP contribution in [0.4, 0.5) is 4.79 Å². The van der Waals surface area contributed by atoms with Gasteiger partial charge in [0.2, 0.25) is 11.8 Å². The number of rotatable bonds is 8. The van der Waals surface area contributed by atoms with Gasteiger partial charge in [0.1, 0.15) is 6.04 Å². The van der Waals surface area contributed by atoms with E-state index >= 15 is 0 Å². The standard InChI is InChI=1S/C12H22N6O4/c1-2-3-8-11(21)18(7-5-10(20)16-14)12(22)17(8)6-4-9(19)15-13/h8H,2-7,13-14H2,1H3,(H,15,19)(H,16,20). The van der Waals surface area contributed by atoms with Crippen LogP contribution in [0, 0.1) is 0 Å². The third-order valence-electron chi connectivity index (χ3n) is 3.43. The van der Waals surface area contributed by atoms with Crippen LogP contribution in [0.1, 0.15) is 32.6 Å². The number of nitrogens with two attached hydrogens (primary N) is 2. The van der Waals surface area contributed by atoms with E-state index in [-0.39, 0.29) is 31.8 Å². The molecule has 1 rings (SSSR count). The fraction of sp³-hybridized carbons (Fsp3) is 0.667. The highest BCUT2D eigenvalue weighted by atomic mass is 16.2. The molecule has 0 aromatic heterocycles. The van der Waals surface area contributed by atoms with Gasteiger partial charge in [-0.3, -0.25) is 30.1 Å². The van der Waals surface area contributed by atoms with E-state index in [0.717, 1.165) is 4.90 Å². The summed E-state index contributed by atoms with van der Waals surface area (Å²) in [5.74, 6) is 8.73. The van der Waals surface area contributed by atoms with E-state index in [4.69, 9.17) is 11.7 Å². The van der Waals surface area contributed by atoms with Crippen LogP contribution in [-0.2, 0) is 14.4 Å². The van der Waals surface area contributed by atoms with Gasteiger partial charge < -0.3 is 4.90 Å². The predicted molar refractivity (Wildman–Crippen MR) is 76.4 cm³/mol. The van der Waals surface area contributed by atoms with Crippen molar-refractivity contribution >= 4 is 23.8 Å². The van der Waals surface area contributed by atoms with Crippen LogP contribution >= 0.6 is 0 Å². The Balaban J connectivity index is 2.76. The number of carbonyl (C=O) groups is 4. The second-order valence-corrected chi connectivity index (χ2v) is 4.91. The molecule has 1 aliphatic rings. The van der Waals surface area contributed by atoms with E-state index < -0.39 is 23.9 Å². The molecule has 1 saturated heterocycles. The molecule has 22 heavy (non-hydrogen) atoms. The number of hydrazine groups is 2. The minimum Gasteiger partial charge on any atom is -0.312 e. The molecule has 6 N–H and O–H groups in total. The Hall–Kier alpha value is -2.20. The van der Waals surface area contributed by atoms with Crippen molar-refractivity contribution in [3.05, 3.63) is 0 Å². The summed E-state index contributed by atoms with van der Waals surface area (Å²) in [5, 5.41) is 0. The number of nitrogens with zero attached hydrogens (tertiary/aromatic N) is 2. The van der Waals surface area contributed by atoms with Gasteiger partial charge in [0.15, 0.2) is 0 Å². The van der Waals surface area contributed by atoms with Crippen molar-refractivity contribution in [2.24, 2.45) is 11.7 Å². The van der Waals surface area contributed by atoms with Crippen molar-refractivity contribution < 1.29 is 19.2 Å². The Morgan fingerprint density at radius 3 is 2.14 bits per heavy atom. The molecule has 0 aliphatic carbocycles. The van der Waals surface area contributed by atoms with E-state index in [2.05, 4.69) is 0 Å². The molecule has 0 saturated carbocycles. The first-order chi connectivity index (χ1) is 10.5. The van der Waals surface area contributed by atoms with Crippen LogP contribution in [0.5, 0.6) is 0 Å². The molecule has 0 radical (unpaired) electrons. The average molecular weight is 314 g/mol. The van der Waals surface area contributed by atoms with Crippen LogP contribution in [0.15, 0.2) is 0 Å². The van der Waals surface area contributed by atoms with Crippen molar-refractivity contribution in [3.63, 3.8) is 0 Å². The van der Waals surface area contributed by atoms with Crippen molar-refractivity contribution in [1.29, 1.82) is 0 Å². The fourth-order valence-corrected chi connectivity index (χ4v) is 2.29. The Labute approximate surface area is 128 Å². The Morgan fingerprint density at radius 1 is 1.09 bits per heavy atom. The van der Waals surface area contributed by atoms with E-state index in [9.17, 15) is 19.2 Å². The number of amides is 5. The Bertz CT molecular complexity index is 455. The molecule has 0 bridgehead atoms. The molecule has 1 heterocycles. The van der Waals surface area contributed by atoms with Gasteiger partial charge in [-0.2, -0.15) is 0 Å². The summed E-state index contributed by atoms with van der Waals surface area (Å²) >= 11 is 0. The lowest BCUT2D eigenvalue weighted by molar-refractivity contribution is -0.129. The highest BCUT2D eigenvalue weighted by Crippen LogP contribution is 2.22. The summed E-state index contributed by atoms with van der Waals surface area (Å²) < 4.78 is 0.